The number of carbonyl (C=O) groups excluding carboxylic acids is 1. The maximum absolute atomic E-state index is 12.5. The predicted octanol–water partition coefficient (Wildman–Crippen LogP) is 5.15. The van der Waals surface area contributed by atoms with Crippen LogP contribution >= 0.6 is 11.8 Å². The molecule has 5 heteroatoms. The van der Waals surface area contributed by atoms with Gasteiger partial charge in [0.2, 0.25) is 0 Å². The van der Waals surface area contributed by atoms with Crippen LogP contribution < -0.4 is 5.32 Å². The lowest BCUT2D eigenvalue weighted by atomic mass is 10.0. The Balaban J connectivity index is 1.81. The average molecular weight is 383 g/mol. The summed E-state index contributed by atoms with van der Waals surface area (Å²) < 4.78 is 5.30. The van der Waals surface area contributed by atoms with Crippen molar-refractivity contribution in [3.05, 3.63) is 53.1 Å². The molecule has 0 radical (unpaired) electrons. The highest BCUT2D eigenvalue weighted by Gasteiger charge is 2.18. The van der Waals surface area contributed by atoms with Crippen molar-refractivity contribution in [3.8, 4) is 0 Å². The zero-order chi connectivity index (χ0) is 19.2. The lowest BCUT2D eigenvalue weighted by Gasteiger charge is -2.08. The molecule has 27 heavy (non-hydrogen) atoms. The summed E-state index contributed by atoms with van der Waals surface area (Å²) >= 11 is 1.72. The molecular formula is C22H26N2O2S. The highest BCUT2D eigenvalue weighted by Crippen LogP contribution is 2.41. The Bertz CT molecular complexity index is 861. The fraction of sp³-hybridized carbons (Fsp3) is 0.364. The summed E-state index contributed by atoms with van der Waals surface area (Å²) in [5, 5.41) is 2.96. The van der Waals surface area contributed by atoms with E-state index >= 15 is 0 Å². The van der Waals surface area contributed by atoms with Gasteiger partial charge in [-0.05, 0) is 57.0 Å². The van der Waals surface area contributed by atoms with E-state index in [4.69, 9.17) is 9.73 Å². The van der Waals surface area contributed by atoms with Crippen molar-refractivity contribution in [3.63, 3.8) is 0 Å². The first-order chi connectivity index (χ1) is 13.1. The van der Waals surface area contributed by atoms with E-state index in [1.165, 1.54) is 16.0 Å². The Kier molecular flexibility index (Phi) is 6.69. The molecule has 0 saturated carbocycles. The lowest BCUT2D eigenvalue weighted by Crippen LogP contribution is -2.25. The first-order valence-corrected chi connectivity index (χ1v) is 10.3. The van der Waals surface area contributed by atoms with E-state index in [0.29, 0.717) is 25.3 Å². The summed E-state index contributed by atoms with van der Waals surface area (Å²) in [5.74, 6) is -0.0647. The maximum atomic E-state index is 12.5. The van der Waals surface area contributed by atoms with Crippen LogP contribution in [0.15, 0.2) is 51.2 Å². The number of hydrogen-bond acceptors (Lipinski definition) is 4. The van der Waals surface area contributed by atoms with Gasteiger partial charge in [0, 0.05) is 46.4 Å². The zero-order valence-electron chi connectivity index (χ0n) is 16.2. The van der Waals surface area contributed by atoms with E-state index in [2.05, 4.69) is 37.4 Å². The monoisotopic (exact) mass is 382 g/mol. The highest BCUT2D eigenvalue weighted by atomic mass is 32.2. The largest absolute Gasteiger partial charge is 0.382 e. The van der Waals surface area contributed by atoms with Crippen LogP contribution in [-0.2, 0) is 4.74 Å². The number of hydrogen-bond donors (Lipinski definition) is 1. The second kappa shape index (κ2) is 9.20. The fourth-order valence-corrected chi connectivity index (χ4v) is 4.01. The van der Waals surface area contributed by atoms with Crippen LogP contribution in [0.5, 0.6) is 0 Å². The molecule has 2 aromatic carbocycles. The number of carbonyl (C=O) groups is 1. The SMILES string of the molecule is CCOCCCNC(=O)c1ccc2c(c1)N=C(CC)c1cc(C)ccc1S2. The molecule has 0 saturated heterocycles. The van der Waals surface area contributed by atoms with Gasteiger partial charge in [-0.1, -0.05) is 30.3 Å². The summed E-state index contributed by atoms with van der Waals surface area (Å²) in [4.78, 5) is 19.7. The summed E-state index contributed by atoms with van der Waals surface area (Å²) in [7, 11) is 0. The molecule has 0 fully saturated rings. The van der Waals surface area contributed by atoms with Crippen molar-refractivity contribution in [1.29, 1.82) is 0 Å². The molecule has 1 amide bonds. The molecule has 1 aliphatic heterocycles. The van der Waals surface area contributed by atoms with Crippen LogP contribution in [0.2, 0.25) is 0 Å². The van der Waals surface area contributed by atoms with E-state index < -0.39 is 0 Å². The van der Waals surface area contributed by atoms with Crippen LogP contribution in [0.1, 0.15) is 48.2 Å². The number of aryl methyl sites for hydroxylation is 1. The van der Waals surface area contributed by atoms with Crippen molar-refractivity contribution in [1.82, 2.24) is 5.32 Å². The Morgan fingerprint density at radius 3 is 2.74 bits per heavy atom. The average Bonchev–Trinajstić information content (AvgIpc) is 2.83. The van der Waals surface area contributed by atoms with E-state index in [1.54, 1.807) is 11.8 Å². The summed E-state index contributed by atoms with van der Waals surface area (Å²) in [6.07, 6.45) is 1.66. The Morgan fingerprint density at radius 1 is 1.15 bits per heavy atom. The molecule has 1 N–H and O–H groups in total. The van der Waals surface area contributed by atoms with Crippen molar-refractivity contribution < 1.29 is 9.53 Å². The smallest absolute Gasteiger partial charge is 0.251 e. The van der Waals surface area contributed by atoms with Gasteiger partial charge in [0.05, 0.1) is 5.69 Å². The first-order valence-electron chi connectivity index (χ1n) is 9.48. The van der Waals surface area contributed by atoms with Gasteiger partial charge < -0.3 is 10.1 Å². The molecule has 0 atom stereocenters. The van der Waals surface area contributed by atoms with Crippen molar-refractivity contribution in [2.24, 2.45) is 4.99 Å². The van der Waals surface area contributed by atoms with Gasteiger partial charge >= 0.3 is 0 Å². The van der Waals surface area contributed by atoms with Crippen molar-refractivity contribution >= 4 is 29.1 Å². The summed E-state index contributed by atoms with van der Waals surface area (Å²) in [6.45, 7) is 8.17. The maximum Gasteiger partial charge on any atom is 0.251 e. The molecule has 3 rings (SSSR count). The van der Waals surface area contributed by atoms with Crippen LogP contribution in [0.4, 0.5) is 5.69 Å². The summed E-state index contributed by atoms with van der Waals surface area (Å²) in [5.41, 5.74) is 5.00. The molecule has 0 aliphatic carbocycles. The lowest BCUT2D eigenvalue weighted by molar-refractivity contribution is 0.0944. The Hall–Kier alpha value is -2.11. The van der Waals surface area contributed by atoms with E-state index in [9.17, 15) is 4.79 Å². The minimum Gasteiger partial charge on any atom is -0.382 e. The molecule has 0 aromatic heterocycles. The van der Waals surface area contributed by atoms with Gasteiger partial charge in [-0.3, -0.25) is 9.79 Å². The standard InChI is InChI=1S/C22H26N2O2S/c1-4-18-17-13-15(3)7-9-20(17)27-21-10-8-16(14-19(21)24-18)22(25)23-11-6-12-26-5-2/h7-10,13-14H,4-6,11-12H2,1-3H3,(H,23,25). The second-order valence-electron chi connectivity index (χ2n) is 6.50. The number of ether oxygens (including phenoxy) is 1. The topological polar surface area (TPSA) is 50.7 Å². The molecule has 0 unspecified atom stereocenters. The van der Waals surface area contributed by atoms with Crippen LogP contribution in [-0.4, -0.2) is 31.4 Å². The molecule has 4 nitrogen and oxygen atoms in total. The number of nitrogens with one attached hydrogen (secondary N) is 1. The Labute approximate surface area is 165 Å². The highest BCUT2D eigenvalue weighted by molar-refractivity contribution is 7.99. The Morgan fingerprint density at radius 2 is 1.96 bits per heavy atom. The predicted molar refractivity (Wildman–Crippen MR) is 112 cm³/mol. The zero-order valence-corrected chi connectivity index (χ0v) is 17.0. The fourth-order valence-electron chi connectivity index (χ4n) is 3.01. The molecular weight excluding hydrogens is 356 g/mol. The third kappa shape index (κ3) is 4.79. The molecule has 0 bridgehead atoms. The minimum absolute atomic E-state index is 0.0647. The van der Waals surface area contributed by atoms with Gasteiger partial charge in [-0.25, -0.2) is 0 Å². The molecule has 1 aliphatic rings. The third-order valence-corrected chi connectivity index (χ3v) is 5.57. The molecule has 2 aromatic rings. The van der Waals surface area contributed by atoms with Gasteiger partial charge in [-0.2, -0.15) is 0 Å². The van der Waals surface area contributed by atoms with E-state index in [0.717, 1.165) is 29.1 Å². The number of benzene rings is 2. The minimum atomic E-state index is -0.0647. The quantitative estimate of drug-likeness (QED) is 0.674. The number of fused-ring (bicyclic) bond motifs is 2. The van der Waals surface area contributed by atoms with Crippen molar-refractivity contribution in [2.45, 2.75) is 43.4 Å². The van der Waals surface area contributed by atoms with Gasteiger partial charge in [0.15, 0.2) is 0 Å². The number of rotatable bonds is 7. The second-order valence-corrected chi connectivity index (χ2v) is 7.59. The third-order valence-electron chi connectivity index (χ3n) is 4.43. The molecule has 1 heterocycles. The number of aliphatic imine (C=N–C) groups is 1. The van der Waals surface area contributed by atoms with Gasteiger partial charge in [-0.15, -0.1) is 0 Å². The van der Waals surface area contributed by atoms with Gasteiger partial charge in [0.25, 0.3) is 5.91 Å². The normalized spacial score (nSPS) is 12.6. The van der Waals surface area contributed by atoms with E-state index in [1.807, 2.05) is 25.1 Å². The molecule has 0 spiro atoms. The van der Waals surface area contributed by atoms with Crippen LogP contribution in [0.3, 0.4) is 0 Å². The first kappa shape index (κ1) is 19.6. The van der Waals surface area contributed by atoms with Crippen LogP contribution in [0.25, 0.3) is 0 Å². The number of amides is 1. The van der Waals surface area contributed by atoms with Crippen LogP contribution in [0, 0.1) is 6.92 Å². The summed E-state index contributed by atoms with van der Waals surface area (Å²) in [6, 6.07) is 12.3. The van der Waals surface area contributed by atoms with E-state index in [-0.39, 0.29) is 5.91 Å². The van der Waals surface area contributed by atoms with Crippen molar-refractivity contribution in [2.75, 3.05) is 19.8 Å². The van der Waals surface area contributed by atoms with Gasteiger partial charge in [0.1, 0.15) is 0 Å². The molecule has 142 valence electrons. The number of nitrogens with zero attached hydrogens (tertiary/aromatic N) is 1.